The molecule has 2 unspecified atom stereocenters. The number of carbonyl (C=O) groups excluding carboxylic acids is 1. The average molecular weight is 418 g/mol. The molecule has 2 aromatic rings. The van der Waals surface area contributed by atoms with Crippen molar-refractivity contribution in [1.29, 1.82) is 0 Å². The molecule has 6 nitrogen and oxygen atoms in total. The summed E-state index contributed by atoms with van der Waals surface area (Å²) in [7, 11) is 0. The molecule has 156 valence electrons. The van der Waals surface area contributed by atoms with E-state index in [1.54, 1.807) is 15.7 Å². The highest BCUT2D eigenvalue weighted by Gasteiger charge is 2.41. The number of nitrogens with zero attached hydrogens (tertiary/aromatic N) is 2. The zero-order chi connectivity index (χ0) is 19.7. The Hall–Kier alpha value is -2.15. The summed E-state index contributed by atoms with van der Waals surface area (Å²) in [5.41, 5.74) is 1.48. The lowest BCUT2D eigenvalue weighted by Crippen LogP contribution is -2.55. The molecule has 0 saturated carbocycles. The van der Waals surface area contributed by atoms with E-state index in [-0.39, 0.29) is 41.1 Å². The smallest absolute Gasteiger partial charge is 0.264 e. The molecular formula is C22H28ClN3O3. The van der Waals surface area contributed by atoms with Gasteiger partial charge in [-0.25, -0.2) is 0 Å². The standard InChI is InChI=1S/C22H27N3O3.ClH/c1-16-8-11-25(17(2)18-6-4-3-5-7-18)21(27)19(16)20(26)24-12-13-28-22(15-24)9-10-23-14-22;/h3-8,11,17,23H,9-10,12-15H2,1-2H3;1H. The number of carbonyl (C=O) groups is 1. The van der Waals surface area contributed by atoms with Gasteiger partial charge in [-0.1, -0.05) is 30.3 Å². The quantitative estimate of drug-likeness (QED) is 0.832. The van der Waals surface area contributed by atoms with E-state index in [4.69, 9.17) is 4.74 Å². The van der Waals surface area contributed by atoms with Gasteiger partial charge in [0.15, 0.2) is 0 Å². The third kappa shape index (κ3) is 4.10. The number of ether oxygens (including phenoxy) is 1. The third-order valence-electron chi connectivity index (χ3n) is 5.98. The minimum absolute atomic E-state index is 0. The van der Waals surface area contributed by atoms with Crippen molar-refractivity contribution in [3.05, 3.63) is 69.6 Å². The second kappa shape index (κ2) is 8.69. The Morgan fingerprint density at radius 3 is 2.69 bits per heavy atom. The number of pyridine rings is 1. The summed E-state index contributed by atoms with van der Waals surface area (Å²) in [5, 5.41) is 3.32. The Balaban J connectivity index is 0.00000240. The van der Waals surface area contributed by atoms with Crippen LogP contribution in [0.3, 0.4) is 0 Å². The van der Waals surface area contributed by atoms with Crippen LogP contribution >= 0.6 is 12.4 Å². The number of amides is 1. The summed E-state index contributed by atoms with van der Waals surface area (Å²) in [4.78, 5) is 28.4. The van der Waals surface area contributed by atoms with Gasteiger partial charge in [-0.3, -0.25) is 9.59 Å². The van der Waals surface area contributed by atoms with Crippen LogP contribution in [-0.4, -0.2) is 53.8 Å². The first-order valence-electron chi connectivity index (χ1n) is 9.91. The molecule has 2 aliphatic heterocycles. The molecule has 1 amide bonds. The highest BCUT2D eigenvalue weighted by molar-refractivity contribution is 5.95. The SMILES string of the molecule is Cc1ccn(C(C)c2ccccc2)c(=O)c1C(=O)N1CCOC2(CCNC2)C1.Cl. The molecule has 0 aliphatic carbocycles. The predicted octanol–water partition coefficient (Wildman–Crippen LogP) is 2.39. The van der Waals surface area contributed by atoms with Crippen molar-refractivity contribution in [3.63, 3.8) is 0 Å². The van der Waals surface area contributed by atoms with Crippen LogP contribution < -0.4 is 10.9 Å². The second-order valence-electron chi connectivity index (χ2n) is 7.86. The summed E-state index contributed by atoms with van der Waals surface area (Å²) in [6.07, 6.45) is 2.67. The van der Waals surface area contributed by atoms with E-state index in [0.717, 1.165) is 30.6 Å². The molecule has 7 heteroatoms. The number of halogens is 1. The van der Waals surface area contributed by atoms with E-state index < -0.39 is 0 Å². The molecule has 1 aromatic heterocycles. The number of nitrogens with one attached hydrogen (secondary N) is 1. The van der Waals surface area contributed by atoms with E-state index in [1.165, 1.54) is 0 Å². The molecule has 29 heavy (non-hydrogen) atoms. The molecule has 2 saturated heterocycles. The topological polar surface area (TPSA) is 63.6 Å². The Labute approximate surface area is 177 Å². The zero-order valence-corrected chi connectivity index (χ0v) is 17.7. The van der Waals surface area contributed by atoms with Gasteiger partial charge in [0, 0.05) is 19.3 Å². The van der Waals surface area contributed by atoms with Crippen LogP contribution in [0.25, 0.3) is 0 Å². The maximum atomic E-state index is 13.3. The number of aromatic nitrogens is 1. The summed E-state index contributed by atoms with van der Waals surface area (Å²) in [6.45, 7) is 7.01. The first-order chi connectivity index (χ1) is 13.5. The first kappa shape index (κ1) is 21.6. The molecular weight excluding hydrogens is 390 g/mol. The number of hydrogen-bond acceptors (Lipinski definition) is 4. The van der Waals surface area contributed by atoms with Gasteiger partial charge in [0.1, 0.15) is 5.56 Å². The summed E-state index contributed by atoms with van der Waals surface area (Å²) >= 11 is 0. The molecule has 2 aliphatic rings. The first-order valence-corrected chi connectivity index (χ1v) is 9.91. The van der Waals surface area contributed by atoms with Crippen molar-refractivity contribution in [1.82, 2.24) is 14.8 Å². The van der Waals surface area contributed by atoms with Gasteiger partial charge in [-0.15, -0.1) is 12.4 Å². The molecule has 2 atom stereocenters. The monoisotopic (exact) mass is 417 g/mol. The van der Waals surface area contributed by atoms with Crippen LogP contribution in [0.4, 0.5) is 0 Å². The van der Waals surface area contributed by atoms with Crippen LogP contribution in [0.1, 0.15) is 40.9 Å². The van der Waals surface area contributed by atoms with Crippen molar-refractivity contribution in [2.75, 3.05) is 32.8 Å². The lowest BCUT2D eigenvalue weighted by atomic mass is 9.99. The number of rotatable bonds is 3. The molecule has 0 bridgehead atoms. The van der Waals surface area contributed by atoms with Gasteiger partial charge in [0.25, 0.3) is 11.5 Å². The van der Waals surface area contributed by atoms with E-state index >= 15 is 0 Å². The molecule has 0 radical (unpaired) electrons. The minimum atomic E-state index is -0.313. The van der Waals surface area contributed by atoms with Gasteiger partial charge in [-0.2, -0.15) is 0 Å². The Morgan fingerprint density at radius 1 is 1.24 bits per heavy atom. The molecule has 1 spiro atoms. The lowest BCUT2D eigenvalue weighted by Gasteiger charge is -2.40. The molecule has 1 aromatic carbocycles. The maximum absolute atomic E-state index is 13.3. The zero-order valence-electron chi connectivity index (χ0n) is 16.9. The lowest BCUT2D eigenvalue weighted by molar-refractivity contribution is -0.0867. The van der Waals surface area contributed by atoms with Gasteiger partial charge >= 0.3 is 0 Å². The van der Waals surface area contributed by atoms with E-state index in [9.17, 15) is 9.59 Å². The third-order valence-corrected chi connectivity index (χ3v) is 5.98. The molecule has 3 heterocycles. The van der Waals surface area contributed by atoms with Gasteiger partial charge in [0.05, 0.1) is 24.8 Å². The number of hydrogen-bond donors (Lipinski definition) is 1. The Kier molecular flexibility index (Phi) is 6.46. The van der Waals surface area contributed by atoms with Crippen molar-refractivity contribution >= 4 is 18.3 Å². The van der Waals surface area contributed by atoms with Crippen LogP contribution in [-0.2, 0) is 4.74 Å². The maximum Gasteiger partial charge on any atom is 0.264 e. The van der Waals surface area contributed by atoms with E-state index in [0.29, 0.717) is 19.7 Å². The summed E-state index contributed by atoms with van der Waals surface area (Å²) < 4.78 is 7.64. The predicted molar refractivity (Wildman–Crippen MR) is 115 cm³/mol. The van der Waals surface area contributed by atoms with Crippen LogP contribution in [0.2, 0.25) is 0 Å². The molecule has 1 N–H and O–H groups in total. The van der Waals surface area contributed by atoms with Gasteiger partial charge in [-0.05, 0) is 44.0 Å². The minimum Gasteiger partial charge on any atom is -0.370 e. The Morgan fingerprint density at radius 2 is 2.00 bits per heavy atom. The van der Waals surface area contributed by atoms with Crippen molar-refractivity contribution < 1.29 is 9.53 Å². The number of aryl methyl sites for hydroxylation is 1. The fourth-order valence-electron chi connectivity index (χ4n) is 4.25. The highest BCUT2D eigenvalue weighted by Crippen LogP contribution is 2.26. The Bertz CT molecular complexity index is 923. The highest BCUT2D eigenvalue weighted by atomic mass is 35.5. The van der Waals surface area contributed by atoms with E-state index in [2.05, 4.69) is 5.32 Å². The van der Waals surface area contributed by atoms with Crippen LogP contribution in [0, 0.1) is 6.92 Å². The number of benzene rings is 1. The molecule has 2 fully saturated rings. The normalized spacial score (nSPS) is 22.3. The summed E-state index contributed by atoms with van der Waals surface area (Å²) in [5.74, 6) is -0.188. The van der Waals surface area contributed by atoms with Crippen molar-refractivity contribution in [3.8, 4) is 0 Å². The van der Waals surface area contributed by atoms with Gasteiger partial charge in [0.2, 0.25) is 0 Å². The van der Waals surface area contributed by atoms with E-state index in [1.807, 2.05) is 50.2 Å². The van der Waals surface area contributed by atoms with Crippen molar-refractivity contribution in [2.24, 2.45) is 0 Å². The largest absolute Gasteiger partial charge is 0.370 e. The van der Waals surface area contributed by atoms with Crippen LogP contribution in [0.15, 0.2) is 47.4 Å². The number of morpholine rings is 1. The van der Waals surface area contributed by atoms with Gasteiger partial charge < -0.3 is 19.5 Å². The molecule has 4 rings (SSSR count). The van der Waals surface area contributed by atoms with Crippen molar-refractivity contribution in [2.45, 2.75) is 31.9 Å². The fraction of sp³-hybridized carbons (Fsp3) is 0.455. The average Bonchev–Trinajstić information content (AvgIpc) is 3.15. The van der Waals surface area contributed by atoms with Crippen LogP contribution in [0.5, 0.6) is 0 Å². The fourth-order valence-corrected chi connectivity index (χ4v) is 4.25. The second-order valence-corrected chi connectivity index (χ2v) is 7.86. The summed E-state index contributed by atoms with van der Waals surface area (Å²) in [6, 6.07) is 11.6.